The van der Waals surface area contributed by atoms with Crippen LogP contribution in [0.2, 0.25) is 0 Å². The van der Waals surface area contributed by atoms with Crippen molar-refractivity contribution in [3.63, 3.8) is 0 Å². The quantitative estimate of drug-likeness (QED) is 0.761. The van der Waals surface area contributed by atoms with Crippen LogP contribution >= 0.6 is 0 Å². The van der Waals surface area contributed by atoms with E-state index in [2.05, 4.69) is 19.2 Å². The Morgan fingerprint density at radius 3 is 2.66 bits per heavy atom. The van der Waals surface area contributed by atoms with E-state index in [0.29, 0.717) is 30.6 Å². The van der Waals surface area contributed by atoms with Crippen LogP contribution in [-0.2, 0) is 14.3 Å². The molecule has 2 N–H and O–H groups in total. The molecule has 0 unspecified atom stereocenters. The van der Waals surface area contributed by atoms with E-state index in [0.717, 1.165) is 24.8 Å². The van der Waals surface area contributed by atoms with Crippen molar-refractivity contribution in [3.05, 3.63) is 29.8 Å². The number of rotatable bonds is 6. The fraction of sp³-hybridized carbons (Fsp3) is 0.652. The molecule has 2 bridgehead atoms. The molecule has 158 valence electrons. The lowest BCUT2D eigenvalue weighted by Crippen LogP contribution is -2.58. The Labute approximate surface area is 172 Å². The van der Waals surface area contributed by atoms with Crippen molar-refractivity contribution in [2.24, 2.45) is 22.7 Å². The Morgan fingerprint density at radius 1 is 1.28 bits per heavy atom. The van der Waals surface area contributed by atoms with Gasteiger partial charge in [0.05, 0.1) is 6.10 Å². The van der Waals surface area contributed by atoms with E-state index >= 15 is 0 Å². The number of hydrogen-bond acceptors (Lipinski definition) is 4. The normalized spacial score (nSPS) is 34.4. The molecule has 1 amide bonds. The van der Waals surface area contributed by atoms with Gasteiger partial charge in [-0.1, -0.05) is 32.9 Å². The van der Waals surface area contributed by atoms with Crippen LogP contribution in [0.1, 0.15) is 58.1 Å². The molecular weight excluding hydrogens is 370 g/mol. The highest BCUT2D eigenvalue weighted by atomic mass is 16.5. The van der Waals surface area contributed by atoms with Crippen LogP contribution in [0.25, 0.3) is 0 Å². The standard InChI is InChI=1S/C23H31NO5/c1-4-18(25)24-21-22(2,3)15-11-17-20(28-10-9-23(17,21)12-15)14-5-7-16(8-6-14)29-13-19(26)27/h5-8,15,17,20-21H,4,9-13H2,1-3H3,(H,24,25)(H,26,27)/t15-,17-,20-,21+,23-/m1/s1. The third kappa shape index (κ3) is 3.31. The first-order valence-corrected chi connectivity index (χ1v) is 10.6. The second kappa shape index (κ2) is 7.31. The second-order valence-corrected chi connectivity index (χ2v) is 9.44. The highest BCUT2D eigenvalue weighted by Crippen LogP contribution is 2.70. The van der Waals surface area contributed by atoms with Crippen molar-refractivity contribution in [3.8, 4) is 5.75 Å². The van der Waals surface area contributed by atoms with Gasteiger partial charge >= 0.3 is 5.97 Å². The molecule has 1 heterocycles. The fourth-order valence-corrected chi connectivity index (χ4v) is 6.28. The molecule has 1 aliphatic heterocycles. The number of fused-ring (bicyclic) bond motifs is 1. The van der Waals surface area contributed by atoms with Crippen LogP contribution in [0.4, 0.5) is 0 Å². The monoisotopic (exact) mass is 401 g/mol. The summed E-state index contributed by atoms with van der Waals surface area (Å²) in [5.41, 5.74) is 1.28. The Hall–Kier alpha value is -2.08. The number of benzene rings is 1. The van der Waals surface area contributed by atoms with Crippen molar-refractivity contribution in [2.75, 3.05) is 13.2 Å². The zero-order chi connectivity index (χ0) is 20.8. The molecule has 2 saturated carbocycles. The van der Waals surface area contributed by atoms with Gasteiger partial charge in [-0.05, 0) is 59.6 Å². The SMILES string of the molecule is CCC(=O)N[C@H]1C(C)(C)[C@@H]2C[C@@H]3[C@@H](c4ccc(OCC(=O)O)cc4)OCC[C@@]31C2. The highest BCUT2D eigenvalue weighted by molar-refractivity contribution is 5.76. The number of carboxylic acids is 1. The third-order valence-corrected chi connectivity index (χ3v) is 7.70. The summed E-state index contributed by atoms with van der Waals surface area (Å²) in [4.78, 5) is 23.0. The minimum Gasteiger partial charge on any atom is -0.482 e. The largest absolute Gasteiger partial charge is 0.482 e. The van der Waals surface area contributed by atoms with Gasteiger partial charge in [0.15, 0.2) is 6.61 Å². The summed E-state index contributed by atoms with van der Waals surface area (Å²) >= 11 is 0. The molecule has 0 radical (unpaired) electrons. The number of ether oxygens (including phenoxy) is 2. The Bertz CT molecular complexity index is 789. The summed E-state index contributed by atoms with van der Waals surface area (Å²) in [6.07, 6.45) is 3.77. The summed E-state index contributed by atoms with van der Waals surface area (Å²) in [6, 6.07) is 7.78. The molecule has 5 atom stereocenters. The van der Waals surface area contributed by atoms with E-state index in [1.54, 1.807) is 0 Å². The predicted octanol–water partition coefficient (Wildman–Crippen LogP) is 3.56. The summed E-state index contributed by atoms with van der Waals surface area (Å²) in [6.45, 7) is 6.87. The van der Waals surface area contributed by atoms with Gasteiger partial charge in [-0.3, -0.25) is 4.79 Å². The first-order chi connectivity index (χ1) is 13.8. The van der Waals surface area contributed by atoms with E-state index in [9.17, 15) is 9.59 Å². The Morgan fingerprint density at radius 2 is 2.00 bits per heavy atom. The number of nitrogens with one attached hydrogen (secondary N) is 1. The lowest BCUT2D eigenvalue weighted by Gasteiger charge is -2.53. The topological polar surface area (TPSA) is 84.9 Å². The van der Waals surface area contributed by atoms with Gasteiger partial charge < -0.3 is 19.9 Å². The van der Waals surface area contributed by atoms with E-state index in [1.165, 1.54) is 0 Å². The molecule has 1 aromatic carbocycles. The number of carboxylic acid groups (broad SMARTS) is 1. The van der Waals surface area contributed by atoms with Gasteiger partial charge in [-0.15, -0.1) is 0 Å². The average molecular weight is 402 g/mol. The molecule has 6 heteroatoms. The summed E-state index contributed by atoms with van der Waals surface area (Å²) < 4.78 is 11.5. The highest BCUT2D eigenvalue weighted by Gasteiger charge is 2.68. The van der Waals surface area contributed by atoms with Crippen molar-refractivity contribution in [2.45, 2.75) is 58.6 Å². The minimum atomic E-state index is -0.989. The first kappa shape index (κ1) is 20.2. The second-order valence-electron chi connectivity index (χ2n) is 9.44. The van der Waals surface area contributed by atoms with Crippen LogP contribution in [0.3, 0.4) is 0 Å². The van der Waals surface area contributed by atoms with Crippen molar-refractivity contribution in [1.29, 1.82) is 0 Å². The van der Waals surface area contributed by atoms with Gasteiger partial charge in [-0.2, -0.15) is 0 Å². The average Bonchev–Trinajstić information content (AvgIpc) is 3.19. The van der Waals surface area contributed by atoms with Crippen LogP contribution in [0.15, 0.2) is 24.3 Å². The Balaban J connectivity index is 1.58. The van der Waals surface area contributed by atoms with Crippen LogP contribution in [0, 0.1) is 22.7 Å². The number of amides is 1. The van der Waals surface area contributed by atoms with Gasteiger partial charge in [0.1, 0.15) is 5.75 Å². The smallest absolute Gasteiger partial charge is 0.341 e. The Kier molecular flexibility index (Phi) is 5.09. The molecule has 0 aromatic heterocycles. The molecule has 1 saturated heterocycles. The molecule has 3 aliphatic rings. The van der Waals surface area contributed by atoms with E-state index in [4.69, 9.17) is 14.6 Å². The molecule has 6 nitrogen and oxygen atoms in total. The summed E-state index contributed by atoms with van der Waals surface area (Å²) in [5, 5.41) is 12.1. The van der Waals surface area contributed by atoms with Crippen LogP contribution in [0.5, 0.6) is 5.75 Å². The van der Waals surface area contributed by atoms with Gasteiger partial charge in [0.2, 0.25) is 5.91 Å². The van der Waals surface area contributed by atoms with Crippen molar-refractivity contribution in [1.82, 2.24) is 5.32 Å². The van der Waals surface area contributed by atoms with Gasteiger partial charge in [0.25, 0.3) is 0 Å². The molecular formula is C23H31NO5. The first-order valence-electron chi connectivity index (χ1n) is 10.6. The molecule has 2 aliphatic carbocycles. The lowest BCUT2D eigenvalue weighted by molar-refractivity contribution is -0.139. The van der Waals surface area contributed by atoms with E-state index in [1.807, 2.05) is 31.2 Å². The van der Waals surface area contributed by atoms with Crippen molar-refractivity contribution < 1.29 is 24.2 Å². The van der Waals surface area contributed by atoms with Crippen LogP contribution < -0.4 is 10.1 Å². The maximum Gasteiger partial charge on any atom is 0.341 e. The number of carbonyl (C=O) groups excluding carboxylic acids is 1. The molecule has 4 rings (SSSR count). The lowest BCUT2D eigenvalue weighted by atomic mass is 9.59. The third-order valence-electron chi connectivity index (χ3n) is 7.70. The zero-order valence-electron chi connectivity index (χ0n) is 17.4. The zero-order valence-corrected chi connectivity index (χ0v) is 17.4. The maximum absolute atomic E-state index is 12.3. The molecule has 1 spiro atoms. The molecule has 3 fully saturated rings. The van der Waals surface area contributed by atoms with Gasteiger partial charge in [-0.25, -0.2) is 4.79 Å². The number of carbonyl (C=O) groups is 2. The minimum absolute atomic E-state index is 0.000553. The number of aliphatic carboxylic acids is 1. The summed E-state index contributed by atoms with van der Waals surface area (Å²) in [5.74, 6) is 0.645. The number of hydrogen-bond donors (Lipinski definition) is 2. The molecule has 29 heavy (non-hydrogen) atoms. The van der Waals surface area contributed by atoms with Gasteiger partial charge in [0, 0.05) is 19.1 Å². The summed E-state index contributed by atoms with van der Waals surface area (Å²) in [7, 11) is 0. The van der Waals surface area contributed by atoms with Crippen molar-refractivity contribution >= 4 is 11.9 Å². The van der Waals surface area contributed by atoms with Crippen LogP contribution in [-0.4, -0.2) is 36.2 Å². The van der Waals surface area contributed by atoms with E-state index in [-0.39, 0.29) is 35.5 Å². The predicted molar refractivity (Wildman–Crippen MR) is 108 cm³/mol. The van der Waals surface area contributed by atoms with E-state index < -0.39 is 5.97 Å². The molecule has 1 aromatic rings. The maximum atomic E-state index is 12.3. The fourth-order valence-electron chi connectivity index (χ4n) is 6.28.